The van der Waals surface area contributed by atoms with Crippen molar-refractivity contribution in [2.75, 3.05) is 0 Å². The van der Waals surface area contributed by atoms with Crippen molar-refractivity contribution in [2.24, 2.45) is 0 Å². The van der Waals surface area contributed by atoms with Crippen molar-refractivity contribution in [3.8, 4) is 0 Å². The van der Waals surface area contributed by atoms with Crippen LogP contribution in [0.25, 0.3) is 0 Å². The first-order chi connectivity index (χ1) is 9.00. The van der Waals surface area contributed by atoms with E-state index in [-0.39, 0.29) is 6.54 Å². The lowest BCUT2D eigenvalue weighted by Crippen LogP contribution is -2.10. The molecule has 0 spiro atoms. The Hall–Kier alpha value is -2.31. The first kappa shape index (κ1) is 13.1. The first-order valence-corrected chi connectivity index (χ1v) is 5.50. The van der Waals surface area contributed by atoms with Crippen LogP contribution in [0.2, 0.25) is 0 Å². The van der Waals surface area contributed by atoms with Crippen molar-refractivity contribution >= 4 is 5.97 Å². The fraction of sp³-hybridized carbons (Fsp3) is 0.250. The van der Waals surface area contributed by atoms with Gasteiger partial charge >= 0.3 is 5.97 Å². The lowest BCUT2D eigenvalue weighted by molar-refractivity contribution is 0.0675. The number of carbonyl (C=O) groups is 1. The predicted molar refractivity (Wildman–Crippen MR) is 62.2 cm³/mol. The van der Waals surface area contributed by atoms with Crippen LogP contribution in [0.1, 0.15) is 33.7 Å². The number of rotatable bonds is 4. The highest BCUT2D eigenvalue weighted by molar-refractivity contribution is 5.86. The van der Waals surface area contributed by atoms with Crippen LogP contribution in [0.15, 0.2) is 24.3 Å². The van der Waals surface area contributed by atoms with Crippen molar-refractivity contribution in [1.82, 2.24) is 15.0 Å². The van der Waals surface area contributed by atoms with Gasteiger partial charge in [0, 0.05) is 0 Å². The number of aryl methyl sites for hydroxylation is 1. The minimum absolute atomic E-state index is 0.0621. The van der Waals surface area contributed by atoms with E-state index in [1.165, 1.54) is 0 Å². The van der Waals surface area contributed by atoms with Crippen LogP contribution in [0.4, 0.5) is 8.78 Å². The average molecular weight is 267 g/mol. The maximum atomic E-state index is 12.9. The van der Waals surface area contributed by atoms with E-state index in [4.69, 9.17) is 5.11 Å². The van der Waals surface area contributed by atoms with Gasteiger partial charge in [0.05, 0.1) is 6.54 Å². The Balaban J connectivity index is 2.41. The molecule has 0 aliphatic carbocycles. The molecular weight excluding hydrogens is 256 g/mol. The fourth-order valence-corrected chi connectivity index (χ4v) is 1.75. The number of carboxylic acids is 1. The molecule has 1 aromatic heterocycles. The molecule has 1 heterocycles. The van der Waals surface area contributed by atoms with Gasteiger partial charge in [-0.1, -0.05) is 29.5 Å². The van der Waals surface area contributed by atoms with E-state index in [0.717, 1.165) is 15.8 Å². The van der Waals surface area contributed by atoms with Gasteiger partial charge in [-0.3, -0.25) is 0 Å². The lowest BCUT2D eigenvalue weighted by atomic mass is 10.1. The second kappa shape index (κ2) is 5.13. The third-order valence-corrected chi connectivity index (χ3v) is 2.76. The molecule has 0 saturated carbocycles. The van der Waals surface area contributed by atoms with Gasteiger partial charge in [0.2, 0.25) is 0 Å². The monoisotopic (exact) mass is 267 g/mol. The molecule has 19 heavy (non-hydrogen) atoms. The molecule has 5 nitrogen and oxygen atoms in total. The van der Waals surface area contributed by atoms with Crippen LogP contribution in [-0.2, 0) is 6.54 Å². The summed E-state index contributed by atoms with van der Waals surface area (Å²) in [5.41, 5.74) is 0.320. The number of aromatic carboxylic acids is 1. The molecule has 0 unspecified atom stereocenters. The Labute approximate surface area is 107 Å². The van der Waals surface area contributed by atoms with E-state index in [1.807, 2.05) is 19.1 Å². The van der Waals surface area contributed by atoms with Crippen molar-refractivity contribution < 1.29 is 18.7 Å². The SMILES string of the molecule is Cc1ccccc1Cn1nnc(C(=O)O)c1C(F)F. The van der Waals surface area contributed by atoms with Crippen LogP contribution in [0.5, 0.6) is 0 Å². The Morgan fingerprint density at radius 2 is 2.11 bits per heavy atom. The van der Waals surface area contributed by atoms with Gasteiger partial charge < -0.3 is 5.11 Å². The van der Waals surface area contributed by atoms with Crippen LogP contribution in [-0.4, -0.2) is 26.1 Å². The van der Waals surface area contributed by atoms with E-state index in [9.17, 15) is 13.6 Å². The minimum atomic E-state index is -2.94. The topological polar surface area (TPSA) is 68.0 Å². The molecular formula is C12H11F2N3O2. The molecule has 100 valence electrons. The number of aromatic nitrogens is 3. The summed E-state index contributed by atoms with van der Waals surface area (Å²) < 4.78 is 26.8. The number of halogens is 2. The van der Waals surface area contributed by atoms with Gasteiger partial charge in [-0.2, -0.15) is 0 Å². The van der Waals surface area contributed by atoms with E-state index in [2.05, 4.69) is 10.3 Å². The molecule has 2 aromatic rings. The van der Waals surface area contributed by atoms with Crippen molar-refractivity contribution in [3.63, 3.8) is 0 Å². The number of hydrogen-bond acceptors (Lipinski definition) is 3. The molecule has 0 fully saturated rings. The summed E-state index contributed by atoms with van der Waals surface area (Å²) >= 11 is 0. The quantitative estimate of drug-likeness (QED) is 0.922. The third-order valence-electron chi connectivity index (χ3n) is 2.76. The standard InChI is InChI=1S/C12H11F2N3O2/c1-7-4-2-3-5-8(7)6-17-10(11(13)14)9(12(18)19)15-16-17/h2-5,11H,6H2,1H3,(H,18,19). The molecule has 1 aromatic carbocycles. The number of nitrogens with zero attached hydrogens (tertiary/aromatic N) is 3. The zero-order valence-corrected chi connectivity index (χ0v) is 10.0. The summed E-state index contributed by atoms with van der Waals surface area (Å²) in [6, 6.07) is 7.22. The van der Waals surface area contributed by atoms with Gasteiger partial charge in [0.25, 0.3) is 6.43 Å². The summed E-state index contributed by atoms with van der Waals surface area (Å²) in [4.78, 5) is 10.8. The van der Waals surface area contributed by atoms with Crippen LogP contribution in [0, 0.1) is 6.92 Å². The Bertz CT molecular complexity index is 611. The Morgan fingerprint density at radius 1 is 1.42 bits per heavy atom. The van der Waals surface area contributed by atoms with Gasteiger partial charge in [-0.05, 0) is 18.1 Å². The highest BCUT2D eigenvalue weighted by Crippen LogP contribution is 2.22. The number of alkyl halides is 2. The molecule has 0 radical (unpaired) electrons. The van der Waals surface area contributed by atoms with Gasteiger partial charge in [-0.15, -0.1) is 5.10 Å². The van der Waals surface area contributed by atoms with Crippen LogP contribution >= 0.6 is 0 Å². The Kier molecular flexibility index (Phi) is 3.55. The van der Waals surface area contributed by atoms with Crippen molar-refractivity contribution in [2.45, 2.75) is 19.9 Å². The molecule has 0 amide bonds. The molecule has 2 rings (SSSR count). The molecule has 0 saturated heterocycles. The Morgan fingerprint density at radius 3 is 2.68 bits per heavy atom. The maximum absolute atomic E-state index is 12.9. The fourth-order valence-electron chi connectivity index (χ4n) is 1.75. The molecule has 0 atom stereocenters. The predicted octanol–water partition coefficient (Wildman–Crippen LogP) is 2.27. The highest BCUT2D eigenvalue weighted by Gasteiger charge is 2.26. The summed E-state index contributed by atoms with van der Waals surface area (Å²) in [6.45, 7) is 1.90. The average Bonchev–Trinajstić information content (AvgIpc) is 2.76. The van der Waals surface area contributed by atoms with Crippen molar-refractivity contribution in [1.29, 1.82) is 0 Å². The summed E-state index contributed by atoms with van der Waals surface area (Å²) in [7, 11) is 0. The summed E-state index contributed by atoms with van der Waals surface area (Å²) in [5.74, 6) is -1.51. The smallest absolute Gasteiger partial charge is 0.358 e. The van der Waals surface area contributed by atoms with E-state index in [1.54, 1.807) is 12.1 Å². The summed E-state index contributed by atoms with van der Waals surface area (Å²) in [6.07, 6.45) is -2.94. The van der Waals surface area contributed by atoms with Gasteiger partial charge in [0.1, 0.15) is 5.69 Å². The molecule has 0 aliphatic heterocycles. The van der Waals surface area contributed by atoms with Crippen LogP contribution < -0.4 is 0 Å². The highest BCUT2D eigenvalue weighted by atomic mass is 19.3. The third kappa shape index (κ3) is 2.59. The molecule has 1 N–H and O–H groups in total. The zero-order chi connectivity index (χ0) is 14.0. The van der Waals surface area contributed by atoms with Gasteiger partial charge in [0.15, 0.2) is 5.69 Å². The first-order valence-electron chi connectivity index (χ1n) is 5.50. The van der Waals surface area contributed by atoms with E-state index >= 15 is 0 Å². The maximum Gasteiger partial charge on any atom is 0.358 e. The minimum Gasteiger partial charge on any atom is -0.476 e. The van der Waals surface area contributed by atoms with E-state index < -0.39 is 23.8 Å². The normalized spacial score (nSPS) is 10.9. The summed E-state index contributed by atoms with van der Waals surface area (Å²) in [5, 5.41) is 15.6. The molecule has 0 aliphatic rings. The second-order valence-corrected chi connectivity index (χ2v) is 4.01. The number of benzene rings is 1. The van der Waals surface area contributed by atoms with Crippen LogP contribution in [0.3, 0.4) is 0 Å². The van der Waals surface area contributed by atoms with Gasteiger partial charge in [-0.25, -0.2) is 18.3 Å². The van der Waals surface area contributed by atoms with E-state index in [0.29, 0.717) is 0 Å². The van der Waals surface area contributed by atoms with Crippen molar-refractivity contribution in [3.05, 3.63) is 46.8 Å². The molecule has 0 bridgehead atoms. The molecule has 7 heteroatoms. The largest absolute Gasteiger partial charge is 0.476 e. The number of hydrogen-bond donors (Lipinski definition) is 1. The lowest BCUT2D eigenvalue weighted by Gasteiger charge is -2.08. The second-order valence-electron chi connectivity index (χ2n) is 4.01. The zero-order valence-electron chi connectivity index (χ0n) is 10.0. The number of carboxylic acid groups (broad SMARTS) is 1.